The van der Waals surface area contributed by atoms with E-state index in [0.717, 1.165) is 25.3 Å². The summed E-state index contributed by atoms with van der Waals surface area (Å²) in [6, 6.07) is 19.8. The van der Waals surface area contributed by atoms with Gasteiger partial charge in [-0.05, 0) is 41.1 Å². The molecule has 0 saturated heterocycles. The molecule has 0 fully saturated rings. The van der Waals surface area contributed by atoms with Crippen LogP contribution in [0.3, 0.4) is 0 Å². The van der Waals surface area contributed by atoms with E-state index in [4.69, 9.17) is 4.98 Å². The Kier molecular flexibility index (Phi) is 4.32. The van der Waals surface area contributed by atoms with Crippen LogP contribution in [0.15, 0.2) is 67.0 Å². The van der Waals surface area contributed by atoms with Crippen LogP contribution in [-0.4, -0.2) is 31.8 Å². The first-order chi connectivity index (χ1) is 14.2. The quantitative estimate of drug-likeness (QED) is 0.220. The van der Waals surface area contributed by atoms with Gasteiger partial charge in [0.05, 0.1) is 11.2 Å². The minimum atomic E-state index is -1.73. The number of aromatic nitrogens is 4. The predicted octanol–water partition coefficient (Wildman–Crippen LogP) is 4.63. The number of halogens is 1. The van der Waals surface area contributed by atoms with Gasteiger partial charge in [0.15, 0.2) is 0 Å². The number of hydrogen-bond acceptors (Lipinski definition) is 6. The average molecular weight is 498 g/mol. The maximum absolute atomic E-state index is 11.2. The molecule has 0 unspecified atom stereocenters. The molecule has 0 aliphatic heterocycles. The first kappa shape index (κ1) is 17.9. The number of anilines is 3. The summed E-state index contributed by atoms with van der Waals surface area (Å²) in [5.41, 5.74) is 2.19. The van der Waals surface area contributed by atoms with Crippen LogP contribution < -0.4 is 8.18 Å². The zero-order valence-electron chi connectivity index (χ0n) is 15.3. The lowest BCUT2D eigenvalue weighted by Crippen LogP contribution is -2.13. The van der Waals surface area contributed by atoms with E-state index in [-0.39, 0.29) is 0 Å². The Hall–Kier alpha value is -3.18. The summed E-state index contributed by atoms with van der Waals surface area (Å²) in [6.45, 7) is 0. The van der Waals surface area contributed by atoms with Crippen molar-refractivity contribution in [3.8, 4) is 0 Å². The number of benzene rings is 3. The van der Waals surface area contributed by atoms with Crippen molar-refractivity contribution in [3.05, 3.63) is 67.0 Å². The van der Waals surface area contributed by atoms with E-state index < -0.39 is 21.5 Å². The molecule has 2 heterocycles. The standard InChI is InChI=1S/C20H15IN6O2/c1-25(15-7-6-13-4-2-3-5-14(13)10-15)19-17-9-8-16(27(29)21-28)11-18(17)26-12-22-24-20(26)23-19/h2-12,29H,1H3. The minimum Gasteiger partial charge on any atom is -0.329 e. The van der Waals surface area contributed by atoms with Gasteiger partial charge in [-0.3, -0.25) is 9.61 Å². The van der Waals surface area contributed by atoms with Gasteiger partial charge in [-0.1, -0.05) is 30.3 Å². The summed E-state index contributed by atoms with van der Waals surface area (Å²) in [5, 5.41) is 21.1. The molecule has 2 aromatic heterocycles. The molecule has 0 bridgehead atoms. The highest BCUT2D eigenvalue weighted by molar-refractivity contribution is 14.1. The lowest BCUT2D eigenvalue weighted by atomic mass is 10.1. The smallest absolute Gasteiger partial charge is 0.300 e. The molecule has 0 spiro atoms. The zero-order chi connectivity index (χ0) is 20.0. The molecule has 5 aromatic rings. The van der Waals surface area contributed by atoms with Gasteiger partial charge in [0.1, 0.15) is 12.1 Å². The van der Waals surface area contributed by atoms with Crippen LogP contribution in [0, 0.1) is 0 Å². The first-order valence-corrected chi connectivity index (χ1v) is 10.6. The molecule has 29 heavy (non-hydrogen) atoms. The highest BCUT2D eigenvalue weighted by atomic mass is 127. The zero-order valence-corrected chi connectivity index (χ0v) is 17.4. The molecule has 0 aliphatic carbocycles. The molecular weight excluding hydrogens is 483 g/mol. The van der Waals surface area contributed by atoms with E-state index in [1.165, 1.54) is 5.39 Å². The van der Waals surface area contributed by atoms with Gasteiger partial charge < -0.3 is 4.90 Å². The molecule has 0 saturated carbocycles. The van der Waals surface area contributed by atoms with E-state index in [1.807, 2.05) is 30.1 Å². The molecule has 0 atom stereocenters. The van der Waals surface area contributed by atoms with Crippen LogP contribution in [0.2, 0.25) is 0 Å². The maximum Gasteiger partial charge on any atom is 0.300 e. The van der Waals surface area contributed by atoms with Gasteiger partial charge in [0.25, 0.3) is 27.2 Å². The Balaban J connectivity index is 1.72. The van der Waals surface area contributed by atoms with E-state index in [1.54, 1.807) is 22.9 Å². The van der Waals surface area contributed by atoms with Crippen molar-refractivity contribution < 1.29 is 8.28 Å². The van der Waals surface area contributed by atoms with Crippen molar-refractivity contribution in [1.82, 2.24) is 19.6 Å². The summed E-state index contributed by atoms with van der Waals surface area (Å²) in [6.07, 6.45) is 1.57. The fourth-order valence-corrected chi connectivity index (χ4v) is 3.98. The predicted molar refractivity (Wildman–Crippen MR) is 119 cm³/mol. The van der Waals surface area contributed by atoms with Gasteiger partial charge in [-0.2, -0.15) is 8.26 Å². The summed E-state index contributed by atoms with van der Waals surface area (Å²) < 4.78 is 13.7. The third-order valence-corrected chi connectivity index (χ3v) is 5.86. The third-order valence-electron chi connectivity index (χ3n) is 4.93. The summed E-state index contributed by atoms with van der Waals surface area (Å²) in [5.74, 6) is 1.15. The Labute approximate surface area is 176 Å². The molecule has 0 radical (unpaired) electrons. The van der Waals surface area contributed by atoms with Crippen LogP contribution in [0.25, 0.3) is 27.5 Å². The minimum absolute atomic E-state index is 0.443. The largest absolute Gasteiger partial charge is 0.329 e. The number of rotatable bonds is 4. The van der Waals surface area contributed by atoms with Crippen molar-refractivity contribution in [2.75, 3.05) is 15.2 Å². The van der Waals surface area contributed by atoms with Crippen LogP contribution in [0.1, 0.15) is 0 Å². The monoisotopic (exact) mass is 498 g/mol. The van der Waals surface area contributed by atoms with Crippen LogP contribution >= 0.6 is 21.5 Å². The molecule has 8 nitrogen and oxygen atoms in total. The van der Waals surface area contributed by atoms with Crippen molar-refractivity contribution in [2.24, 2.45) is 0 Å². The SMILES string of the molecule is CN(c1ccc2ccccc2c1)c1nc2nncn2c2cc(N(O)I=O)ccc12. The van der Waals surface area contributed by atoms with Crippen LogP contribution in [-0.2, 0) is 3.07 Å². The van der Waals surface area contributed by atoms with Gasteiger partial charge in [-0.15, -0.1) is 10.2 Å². The second-order valence-corrected chi connectivity index (χ2v) is 7.87. The third kappa shape index (κ3) is 2.98. The maximum atomic E-state index is 11.2. The average Bonchev–Trinajstić information content (AvgIpc) is 3.25. The van der Waals surface area contributed by atoms with Crippen molar-refractivity contribution >= 4 is 66.1 Å². The fraction of sp³-hybridized carbons (Fsp3) is 0.0500. The normalized spacial score (nSPS) is 11.4. The van der Waals surface area contributed by atoms with Crippen LogP contribution in [0.5, 0.6) is 0 Å². The van der Waals surface area contributed by atoms with E-state index in [0.29, 0.717) is 17.3 Å². The van der Waals surface area contributed by atoms with Crippen molar-refractivity contribution in [2.45, 2.75) is 0 Å². The van der Waals surface area contributed by atoms with Gasteiger partial charge in [0, 0.05) is 18.1 Å². The highest BCUT2D eigenvalue weighted by Crippen LogP contribution is 2.34. The summed E-state index contributed by atoms with van der Waals surface area (Å²) >= 11 is -1.73. The number of hydrogen-bond donors (Lipinski definition) is 1. The second kappa shape index (κ2) is 7.01. The van der Waals surface area contributed by atoms with Crippen molar-refractivity contribution in [1.29, 1.82) is 0 Å². The first-order valence-electron chi connectivity index (χ1n) is 8.78. The Bertz CT molecular complexity index is 1390. The Morgan fingerprint density at radius 1 is 1.00 bits per heavy atom. The van der Waals surface area contributed by atoms with Gasteiger partial charge >= 0.3 is 0 Å². The number of fused-ring (bicyclic) bond motifs is 4. The molecule has 9 heteroatoms. The fourth-order valence-electron chi connectivity index (χ4n) is 3.46. The highest BCUT2D eigenvalue weighted by Gasteiger charge is 2.16. The molecular formula is C20H15IN6O2. The summed E-state index contributed by atoms with van der Waals surface area (Å²) in [7, 11) is 1.95. The molecule has 0 aliphatic rings. The Morgan fingerprint density at radius 2 is 1.79 bits per heavy atom. The molecule has 5 rings (SSSR count). The van der Waals surface area contributed by atoms with E-state index >= 15 is 0 Å². The van der Waals surface area contributed by atoms with E-state index in [9.17, 15) is 8.28 Å². The van der Waals surface area contributed by atoms with Gasteiger partial charge in [0.2, 0.25) is 0 Å². The molecule has 3 aromatic carbocycles. The summed E-state index contributed by atoms with van der Waals surface area (Å²) in [4.78, 5) is 6.70. The lowest BCUT2D eigenvalue weighted by molar-refractivity contribution is 0.344. The molecule has 144 valence electrons. The van der Waals surface area contributed by atoms with Crippen molar-refractivity contribution in [3.63, 3.8) is 0 Å². The molecule has 1 N–H and O–H groups in total. The second-order valence-electron chi connectivity index (χ2n) is 6.56. The topological polar surface area (TPSA) is 86.9 Å². The Morgan fingerprint density at radius 3 is 2.62 bits per heavy atom. The van der Waals surface area contributed by atoms with E-state index in [2.05, 4.69) is 40.5 Å². The number of nitrogens with zero attached hydrogens (tertiary/aromatic N) is 6. The lowest BCUT2D eigenvalue weighted by Gasteiger charge is -2.21. The molecule has 0 amide bonds. The van der Waals surface area contributed by atoms with Crippen LogP contribution in [0.4, 0.5) is 17.2 Å². The van der Waals surface area contributed by atoms with Gasteiger partial charge in [-0.25, -0.2) is 3.07 Å².